The molecule has 5 nitrogen and oxygen atoms in total. The van der Waals surface area contributed by atoms with Gasteiger partial charge in [0.2, 0.25) is 0 Å². The number of aryl methyl sites for hydroxylation is 1. The number of aliphatic imine (C=N–C) groups is 1. The zero-order chi connectivity index (χ0) is 18.8. The van der Waals surface area contributed by atoms with Gasteiger partial charge in [0.05, 0.1) is 6.04 Å². The number of halogens is 2. The minimum Gasteiger partial charge on any atom is -0.381 e. The Balaban J connectivity index is 0.00000364. The van der Waals surface area contributed by atoms with E-state index in [1.54, 1.807) is 26.1 Å². The number of hydrogen-bond donors (Lipinski definition) is 2. The van der Waals surface area contributed by atoms with E-state index >= 15 is 0 Å². The number of ether oxygens (including phenoxy) is 2. The summed E-state index contributed by atoms with van der Waals surface area (Å²) >= 11 is 0. The molecule has 1 heterocycles. The molecule has 0 amide bonds. The zero-order valence-electron chi connectivity index (χ0n) is 16.6. The number of guanidine groups is 1. The standard InChI is InChI=1S/C20H32FN3O2.HI/c1-15-5-6-18(13-19(15)21)16(2)24-20(22-3)23-9-4-10-26-14-17-7-11-25-12-8-17;/h5-6,13,16-17H,4,7-12,14H2,1-3H3,(H2,22,23,24);1H. The summed E-state index contributed by atoms with van der Waals surface area (Å²) in [5.41, 5.74) is 1.56. The summed E-state index contributed by atoms with van der Waals surface area (Å²) < 4.78 is 24.8. The minimum atomic E-state index is -0.180. The average Bonchev–Trinajstić information content (AvgIpc) is 2.66. The fourth-order valence-corrected chi connectivity index (χ4v) is 2.91. The van der Waals surface area contributed by atoms with E-state index in [4.69, 9.17) is 9.47 Å². The maximum atomic E-state index is 13.7. The van der Waals surface area contributed by atoms with Crippen molar-refractivity contribution < 1.29 is 13.9 Å². The number of nitrogens with zero attached hydrogens (tertiary/aromatic N) is 1. The van der Waals surface area contributed by atoms with Crippen LogP contribution in [0.3, 0.4) is 0 Å². The molecule has 27 heavy (non-hydrogen) atoms. The first-order valence-corrected chi connectivity index (χ1v) is 9.49. The van der Waals surface area contributed by atoms with Gasteiger partial charge in [-0.15, -0.1) is 24.0 Å². The predicted molar refractivity (Wildman–Crippen MR) is 118 cm³/mol. The smallest absolute Gasteiger partial charge is 0.191 e. The Kier molecular flexibility index (Phi) is 11.9. The third kappa shape index (κ3) is 8.74. The first-order valence-electron chi connectivity index (χ1n) is 9.49. The van der Waals surface area contributed by atoms with Crippen molar-refractivity contribution in [3.8, 4) is 0 Å². The maximum Gasteiger partial charge on any atom is 0.191 e. The SMILES string of the molecule is CN=C(NCCCOCC1CCOCC1)NC(C)c1ccc(C)c(F)c1.I. The van der Waals surface area contributed by atoms with E-state index in [0.29, 0.717) is 17.4 Å². The summed E-state index contributed by atoms with van der Waals surface area (Å²) in [6.07, 6.45) is 3.12. The first-order chi connectivity index (χ1) is 12.6. The van der Waals surface area contributed by atoms with Crippen LogP contribution in [-0.2, 0) is 9.47 Å². The molecule has 0 aliphatic carbocycles. The van der Waals surface area contributed by atoms with Crippen molar-refractivity contribution in [2.75, 3.05) is 40.0 Å². The van der Waals surface area contributed by atoms with Gasteiger partial charge < -0.3 is 20.1 Å². The van der Waals surface area contributed by atoms with Crippen molar-refractivity contribution in [2.24, 2.45) is 10.9 Å². The van der Waals surface area contributed by atoms with Gasteiger partial charge in [-0.2, -0.15) is 0 Å². The lowest BCUT2D eigenvalue weighted by Gasteiger charge is -2.22. The van der Waals surface area contributed by atoms with Crippen LogP contribution in [0.5, 0.6) is 0 Å². The van der Waals surface area contributed by atoms with Crippen molar-refractivity contribution in [1.82, 2.24) is 10.6 Å². The summed E-state index contributed by atoms with van der Waals surface area (Å²) in [5, 5.41) is 6.57. The van der Waals surface area contributed by atoms with Crippen LogP contribution in [-0.4, -0.2) is 46.0 Å². The van der Waals surface area contributed by atoms with Crippen LogP contribution in [0.4, 0.5) is 4.39 Å². The maximum absolute atomic E-state index is 13.7. The van der Waals surface area contributed by atoms with E-state index < -0.39 is 0 Å². The van der Waals surface area contributed by atoms with E-state index in [-0.39, 0.29) is 35.8 Å². The Bertz CT molecular complexity index is 580. The van der Waals surface area contributed by atoms with Gasteiger partial charge in [0.25, 0.3) is 0 Å². The van der Waals surface area contributed by atoms with Crippen LogP contribution >= 0.6 is 24.0 Å². The molecule has 1 unspecified atom stereocenters. The highest BCUT2D eigenvalue weighted by Gasteiger charge is 2.13. The zero-order valence-corrected chi connectivity index (χ0v) is 18.9. The number of benzene rings is 1. The Hall–Kier alpha value is -0.930. The summed E-state index contributed by atoms with van der Waals surface area (Å²) in [5.74, 6) is 1.17. The lowest BCUT2D eigenvalue weighted by molar-refractivity contribution is 0.0203. The normalized spacial score (nSPS) is 16.5. The third-order valence-electron chi connectivity index (χ3n) is 4.73. The monoisotopic (exact) mass is 493 g/mol. The quantitative estimate of drug-likeness (QED) is 0.250. The number of hydrogen-bond acceptors (Lipinski definition) is 3. The molecule has 2 rings (SSSR count). The second kappa shape index (κ2) is 13.3. The molecule has 0 radical (unpaired) electrons. The molecule has 0 aromatic heterocycles. The predicted octanol–water partition coefficient (Wildman–Crippen LogP) is 3.81. The van der Waals surface area contributed by atoms with E-state index in [9.17, 15) is 4.39 Å². The van der Waals surface area contributed by atoms with Crippen molar-refractivity contribution in [3.63, 3.8) is 0 Å². The van der Waals surface area contributed by atoms with Crippen LogP contribution in [0, 0.1) is 18.7 Å². The molecule has 1 aromatic carbocycles. The molecule has 1 aliphatic rings. The number of rotatable bonds is 8. The molecule has 1 aromatic rings. The molecular weight excluding hydrogens is 460 g/mol. The Labute approximate surface area is 179 Å². The fourth-order valence-electron chi connectivity index (χ4n) is 2.91. The largest absolute Gasteiger partial charge is 0.381 e. The minimum absolute atomic E-state index is 0. The second-order valence-corrected chi connectivity index (χ2v) is 6.86. The summed E-state index contributed by atoms with van der Waals surface area (Å²) in [7, 11) is 1.74. The topological polar surface area (TPSA) is 54.9 Å². The summed E-state index contributed by atoms with van der Waals surface area (Å²) in [6.45, 7) is 7.83. The van der Waals surface area contributed by atoms with Crippen molar-refractivity contribution in [1.29, 1.82) is 0 Å². The van der Waals surface area contributed by atoms with Crippen molar-refractivity contribution >= 4 is 29.9 Å². The van der Waals surface area contributed by atoms with Gasteiger partial charge >= 0.3 is 0 Å². The van der Waals surface area contributed by atoms with E-state index in [1.807, 2.05) is 13.0 Å². The Morgan fingerprint density at radius 3 is 2.78 bits per heavy atom. The molecule has 0 bridgehead atoms. The first kappa shape index (κ1) is 24.1. The van der Waals surface area contributed by atoms with Crippen LogP contribution in [0.15, 0.2) is 23.2 Å². The highest BCUT2D eigenvalue weighted by molar-refractivity contribution is 14.0. The highest BCUT2D eigenvalue weighted by atomic mass is 127. The third-order valence-corrected chi connectivity index (χ3v) is 4.73. The van der Waals surface area contributed by atoms with E-state index in [1.165, 1.54) is 0 Å². The molecule has 0 spiro atoms. The summed E-state index contributed by atoms with van der Waals surface area (Å²) in [4.78, 5) is 4.23. The van der Waals surface area contributed by atoms with Crippen molar-refractivity contribution in [3.05, 3.63) is 35.1 Å². The molecule has 1 fully saturated rings. The fraction of sp³-hybridized carbons (Fsp3) is 0.650. The van der Waals surface area contributed by atoms with Gasteiger partial charge in [-0.1, -0.05) is 12.1 Å². The molecule has 1 aliphatic heterocycles. The van der Waals surface area contributed by atoms with Gasteiger partial charge in [0, 0.05) is 40.0 Å². The van der Waals surface area contributed by atoms with Crippen LogP contribution in [0.1, 0.15) is 43.4 Å². The van der Waals surface area contributed by atoms with Crippen LogP contribution in [0.25, 0.3) is 0 Å². The number of nitrogens with one attached hydrogen (secondary N) is 2. The van der Waals surface area contributed by atoms with Crippen molar-refractivity contribution in [2.45, 2.75) is 39.2 Å². The molecule has 0 saturated carbocycles. The Morgan fingerprint density at radius 2 is 2.11 bits per heavy atom. The highest BCUT2D eigenvalue weighted by Crippen LogP contribution is 2.16. The lowest BCUT2D eigenvalue weighted by Crippen LogP contribution is -2.39. The Morgan fingerprint density at radius 1 is 1.37 bits per heavy atom. The van der Waals surface area contributed by atoms with Gasteiger partial charge in [-0.25, -0.2) is 4.39 Å². The van der Waals surface area contributed by atoms with Crippen LogP contribution in [0.2, 0.25) is 0 Å². The van der Waals surface area contributed by atoms with E-state index in [2.05, 4.69) is 15.6 Å². The molecule has 7 heteroatoms. The van der Waals surface area contributed by atoms with Crippen LogP contribution < -0.4 is 10.6 Å². The van der Waals surface area contributed by atoms with Gasteiger partial charge in [0.1, 0.15) is 5.82 Å². The van der Waals surface area contributed by atoms with Gasteiger partial charge in [-0.05, 0) is 56.2 Å². The molecule has 154 valence electrons. The average molecular weight is 493 g/mol. The molecule has 2 N–H and O–H groups in total. The molecular formula is C20H33FIN3O2. The summed E-state index contributed by atoms with van der Waals surface area (Å²) in [6, 6.07) is 5.29. The molecule has 1 saturated heterocycles. The second-order valence-electron chi connectivity index (χ2n) is 6.86. The molecule has 1 atom stereocenters. The van der Waals surface area contributed by atoms with Gasteiger partial charge in [-0.3, -0.25) is 4.99 Å². The van der Waals surface area contributed by atoms with E-state index in [0.717, 1.165) is 57.8 Å². The lowest BCUT2D eigenvalue weighted by atomic mass is 10.0. The van der Waals surface area contributed by atoms with Gasteiger partial charge in [0.15, 0.2) is 5.96 Å².